The molecule has 0 bridgehead atoms. The average Bonchev–Trinajstić information content (AvgIpc) is 3.24. The molecular weight excluding hydrogens is 478 g/mol. The maximum absolute atomic E-state index is 6.59. The molecule has 0 aliphatic carbocycles. The number of allylic oxidation sites excluding steroid dienone is 1. The minimum absolute atomic E-state index is 0.0388. The van der Waals surface area contributed by atoms with Gasteiger partial charge in [0.25, 0.3) is 0 Å². The minimum atomic E-state index is -0.138. The van der Waals surface area contributed by atoms with E-state index in [4.69, 9.17) is 9.72 Å². The fourth-order valence-electron chi connectivity index (χ4n) is 5.82. The second-order valence-corrected chi connectivity index (χ2v) is 11.9. The van der Waals surface area contributed by atoms with E-state index in [1.165, 1.54) is 33.0 Å². The Morgan fingerprint density at radius 3 is 2.46 bits per heavy atom. The summed E-state index contributed by atoms with van der Waals surface area (Å²) in [5.74, 6) is 2.57. The van der Waals surface area contributed by atoms with Crippen molar-refractivity contribution in [1.29, 1.82) is 0 Å². The predicted octanol–water partition coefficient (Wildman–Crippen LogP) is 9.39. The molecule has 4 heteroatoms. The summed E-state index contributed by atoms with van der Waals surface area (Å²) in [5.41, 5.74) is 6.90. The van der Waals surface area contributed by atoms with Crippen LogP contribution in [0, 0.1) is 0 Å². The highest BCUT2D eigenvalue weighted by Gasteiger charge is 2.35. The Hall–Kier alpha value is -4.31. The van der Waals surface area contributed by atoms with Crippen LogP contribution in [0.4, 0.5) is 5.69 Å². The standard InChI is InChI=1S/C35H35N3O/c1-8-18-37(9-2)24-19-23(34(3,4)5)20-26(21-24)39-25-15-16-27-28-12-10-13-29-32(28)38(31(27)22-25)33-30(35(29,6)7)14-11-17-36-33/h8-22H,2H2,1,3-7H3/b18-8-. The molecule has 3 heterocycles. The van der Waals surface area contributed by atoms with E-state index in [0.717, 1.165) is 28.5 Å². The molecule has 2 aromatic heterocycles. The van der Waals surface area contributed by atoms with Crippen LogP contribution in [0.5, 0.6) is 11.5 Å². The minimum Gasteiger partial charge on any atom is -0.457 e. The Morgan fingerprint density at radius 1 is 0.923 bits per heavy atom. The van der Waals surface area contributed by atoms with Crippen molar-refractivity contribution in [3.05, 3.63) is 115 Å². The van der Waals surface area contributed by atoms with Crippen molar-refractivity contribution in [2.45, 2.75) is 52.4 Å². The van der Waals surface area contributed by atoms with Gasteiger partial charge in [0.1, 0.15) is 17.3 Å². The molecule has 4 nitrogen and oxygen atoms in total. The van der Waals surface area contributed by atoms with Crippen LogP contribution in [0.1, 0.15) is 58.2 Å². The van der Waals surface area contributed by atoms with Crippen molar-refractivity contribution in [2.24, 2.45) is 0 Å². The zero-order valence-electron chi connectivity index (χ0n) is 23.6. The molecule has 0 amide bonds. The Balaban J connectivity index is 1.54. The second kappa shape index (κ2) is 8.88. The van der Waals surface area contributed by atoms with Gasteiger partial charge in [-0.15, -0.1) is 0 Å². The van der Waals surface area contributed by atoms with E-state index in [0.29, 0.717) is 0 Å². The third-order valence-electron chi connectivity index (χ3n) is 7.90. The molecule has 196 valence electrons. The average molecular weight is 514 g/mol. The first-order valence-corrected chi connectivity index (χ1v) is 13.5. The molecule has 1 aliphatic rings. The van der Waals surface area contributed by atoms with Crippen LogP contribution in [0.3, 0.4) is 0 Å². The number of benzene rings is 3. The van der Waals surface area contributed by atoms with Crippen LogP contribution in [0.2, 0.25) is 0 Å². The second-order valence-electron chi connectivity index (χ2n) is 11.9. The fraction of sp³-hybridized carbons (Fsp3) is 0.229. The van der Waals surface area contributed by atoms with Crippen molar-refractivity contribution in [3.8, 4) is 17.3 Å². The Bertz CT molecular complexity index is 1780. The number of para-hydroxylation sites is 1. The summed E-state index contributed by atoms with van der Waals surface area (Å²) in [4.78, 5) is 6.89. The topological polar surface area (TPSA) is 30.3 Å². The van der Waals surface area contributed by atoms with Crippen LogP contribution in [0.25, 0.3) is 27.6 Å². The molecule has 5 aromatic rings. The number of anilines is 1. The van der Waals surface area contributed by atoms with E-state index in [-0.39, 0.29) is 10.8 Å². The highest BCUT2D eigenvalue weighted by atomic mass is 16.5. The maximum atomic E-state index is 6.59. The van der Waals surface area contributed by atoms with Crippen LogP contribution < -0.4 is 9.64 Å². The fourth-order valence-corrected chi connectivity index (χ4v) is 5.82. The molecule has 0 unspecified atom stereocenters. The van der Waals surface area contributed by atoms with Gasteiger partial charge in [-0.25, -0.2) is 4.98 Å². The molecule has 0 saturated heterocycles. The van der Waals surface area contributed by atoms with Crippen LogP contribution in [0.15, 0.2) is 98.0 Å². The highest BCUT2D eigenvalue weighted by molar-refractivity contribution is 6.11. The zero-order valence-corrected chi connectivity index (χ0v) is 23.6. The van der Waals surface area contributed by atoms with Crippen LogP contribution >= 0.6 is 0 Å². The number of hydrogen-bond donors (Lipinski definition) is 0. The largest absolute Gasteiger partial charge is 0.457 e. The number of hydrogen-bond acceptors (Lipinski definition) is 3. The Morgan fingerprint density at radius 2 is 1.72 bits per heavy atom. The molecule has 0 atom stereocenters. The Kier molecular flexibility index (Phi) is 5.69. The van der Waals surface area contributed by atoms with Gasteiger partial charge in [0.2, 0.25) is 0 Å². The summed E-state index contributed by atoms with van der Waals surface area (Å²) in [6, 6.07) is 23.7. The quantitative estimate of drug-likeness (QED) is 0.234. The molecule has 1 aliphatic heterocycles. The lowest BCUT2D eigenvalue weighted by atomic mass is 9.76. The van der Waals surface area contributed by atoms with Crippen molar-refractivity contribution in [2.75, 3.05) is 4.90 Å². The lowest BCUT2D eigenvalue weighted by Gasteiger charge is -2.33. The third-order valence-corrected chi connectivity index (χ3v) is 7.90. The van der Waals surface area contributed by atoms with Crippen molar-refractivity contribution >= 4 is 27.5 Å². The first-order valence-electron chi connectivity index (χ1n) is 13.5. The molecule has 3 aromatic carbocycles. The number of aromatic nitrogens is 2. The predicted molar refractivity (Wildman–Crippen MR) is 163 cm³/mol. The summed E-state index contributed by atoms with van der Waals surface area (Å²) >= 11 is 0. The van der Waals surface area contributed by atoms with Gasteiger partial charge >= 0.3 is 0 Å². The number of pyridine rings is 1. The van der Waals surface area contributed by atoms with E-state index in [2.05, 4.69) is 106 Å². The van der Waals surface area contributed by atoms with E-state index in [1.54, 1.807) is 0 Å². The van der Waals surface area contributed by atoms with Crippen molar-refractivity contribution in [1.82, 2.24) is 9.55 Å². The SMILES string of the molecule is C=CN(/C=C\C)c1cc(Oc2ccc3c4cccc5c4n(c3c2)-c2ncccc2C5(C)C)cc(C(C)(C)C)c1. The molecule has 0 radical (unpaired) electrons. The van der Waals surface area contributed by atoms with E-state index < -0.39 is 0 Å². The van der Waals surface area contributed by atoms with E-state index in [9.17, 15) is 0 Å². The third kappa shape index (κ3) is 3.94. The normalized spacial score (nSPS) is 14.1. The van der Waals surface area contributed by atoms with Gasteiger partial charge in [-0.1, -0.05) is 71.5 Å². The molecular formula is C35H35N3O. The summed E-state index contributed by atoms with van der Waals surface area (Å²) < 4.78 is 8.91. The lowest BCUT2D eigenvalue weighted by molar-refractivity contribution is 0.479. The first kappa shape index (κ1) is 25.0. The van der Waals surface area contributed by atoms with Crippen molar-refractivity contribution < 1.29 is 4.74 Å². The summed E-state index contributed by atoms with van der Waals surface area (Å²) in [6.07, 6.45) is 7.71. The number of rotatable bonds is 5. The zero-order chi connectivity index (χ0) is 27.5. The van der Waals surface area contributed by atoms with Crippen LogP contribution in [-0.2, 0) is 10.8 Å². The van der Waals surface area contributed by atoms with Gasteiger partial charge in [-0.05, 0) is 53.8 Å². The van der Waals surface area contributed by atoms with Crippen LogP contribution in [-0.4, -0.2) is 9.55 Å². The summed E-state index contributed by atoms with van der Waals surface area (Å²) in [5, 5.41) is 2.44. The van der Waals surface area contributed by atoms with Gasteiger partial charge in [-0.3, -0.25) is 4.57 Å². The van der Waals surface area contributed by atoms with Gasteiger partial charge in [-0.2, -0.15) is 0 Å². The molecule has 0 N–H and O–H groups in total. The molecule has 39 heavy (non-hydrogen) atoms. The Labute approximate surface area is 230 Å². The maximum Gasteiger partial charge on any atom is 0.141 e. The molecule has 0 fully saturated rings. The van der Waals surface area contributed by atoms with Gasteiger partial charge in [0.15, 0.2) is 0 Å². The van der Waals surface area contributed by atoms with Gasteiger partial charge in [0, 0.05) is 58.2 Å². The van der Waals surface area contributed by atoms with Gasteiger partial charge in [0.05, 0.1) is 11.0 Å². The molecule has 6 rings (SSSR count). The smallest absolute Gasteiger partial charge is 0.141 e. The monoisotopic (exact) mass is 513 g/mol. The van der Waals surface area contributed by atoms with Gasteiger partial charge < -0.3 is 9.64 Å². The number of fused-ring (bicyclic) bond motifs is 5. The summed E-state index contributed by atoms with van der Waals surface area (Å²) in [6.45, 7) is 17.2. The highest BCUT2D eigenvalue weighted by Crippen LogP contribution is 2.47. The number of ether oxygens (including phenoxy) is 1. The van der Waals surface area contributed by atoms with Crippen molar-refractivity contribution in [3.63, 3.8) is 0 Å². The first-order chi connectivity index (χ1) is 18.6. The molecule has 0 saturated carbocycles. The molecule has 0 spiro atoms. The lowest BCUT2D eigenvalue weighted by Crippen LogP contribution is -2.26. The van der Waals surface area contributed by atoms with E-state index >= 15 is 0 Å². The summed E-state index contributed by atoms with van der Waals surface area (Å²) in [7, 11) is 0. The number of nitrogens with zero attached hydrogens (tertiary/aromatic N) is 3. The van der Waals surface area contributed by atoms with E-state index in [1.807, 2.05) is 42.6 Å².